The van der Waals surface area contributed by atoms with Gasteiger partial charge in [-0.2, -0.15) is 0 Å². The Bertz CT molecular complexity index is 1250. The number of benzene rings is 3. The van der Waals surface area contributed by atoms with E-state index >= 15 is 0 Å². The highest BCUT2D eigenvalue weighted by atomic mass is 28.4. The van der Waals surface area contributed by atoms with Crippen LogP contribution in [0.15, 0.2) is 91.0 Å². The fourth-order valence-corrected chi connectivity index (χ4v) is 10.3. The monoisotopic (exact) mass is 576 g/mol. The van der Waals surface area contributed by atoms with Gasteiger partial charge in [0.1, 0.15) is 11.7 Å². The summed E-state index contributed by atoms with van der Waals surface area (Å²) in [5, 5.41) is 1.97. The minimum absolute atomic E-state index is 0.106. The van der Waals surface area contributed by atoms with Gasteiger partial charge in [0.15, 0.2) is 6.10 Å². The largest absolute Gasteiger partial charge is 0.453 e. The lowest BCUT2D eigenvalue weighted by atomic mass is 9.98. The van der Waals surface area contributed by atoms with Gasteiger partial charge in [0.2, 0.25) is 6.29 Å². The Kier molecular flexibility index (Phi) is 9.49. The molecule has 0 aromatic heterocycles. The molecule has 3 aromatic rings. The number of carbonyl (C=O) groups excluding carboxylic acids is 2. The van der Waals surface area contributed by atoms with Crippen molar-refractivity contribution >= 4 is 30.6 Å². The number of hydrogen-bond donors (Lipinski definition) is 0. The third kappa shape index (κ3) is 6.78. The zero-order valence-corrected chi connectivity index (χ0v) is 25.7. The van der Waals surface area contributed by atoms with Gasteiger partial charge < -0.3 is 23.4 Å². The van der Waals surface area contributed by atoms with Gasteiger partial charge >= 0.3 is 11.9 Å². The number of ether oxygens (including phenoxy) is 4. The van der Waals surface area contributed by atoms with Crippen molar-refractivity contribution in [3.05, 3.63) is 96.6 Å². The molecule has 3 aromatic carbocycles. The van der Waals surface area contributed by atoms with Crippen molar-refractivity contribution in [1.29, 1.82) is 0 Å². The SMILES string of the molecule is CC(=O)OC1OC(C)(CO[Si](c2ccccc2)(c2ccccc2)C(C)(C)C)C(OCc2ccccc2)C1OC(C)=O. The zero-order chi connectivity index (χ0) is 29.7. The van der Waals surface area contributed by atoms with E-state index in [1.54, 1.807) is 0 Å². The van der Waals surface area contributed by atoms with Gasteiger partial charge in [-0.05, 0) is 27.9 Å². The van der Waals surface area contributed by atoms with Crippen LogP contribution in [-0.2, 0) is 39.6 Å². The van der Waals surface area contributed by atoms with Crippen molar-refractivity contribution in [1.82, 2.24) is 0 Å². The highest BCUT2D eigenvalue weighted by Gasteiger charge is 2.59. The smallest absolute Gasteiger partial charge is 0.305 e. The normalized spacial score (nSPS) is 22.7. The molecule has 4 rings (SSSR count). The fourth-order valence-electron chi connectivity index (χ4n) is 5.61. The predicted octanol–water partition coefficient (Wildman–Crippen LogP) is 4.76. The molecule has 1 fully saturated rings. The number of rotatable bonds is 10. The summed E-state index contributed by atoms with van der Waals surface area (Å²) in [4.78, 5) is 24.2. The predicted molar refractivity (Wildman–Crippen MR) is 159 cm³/mol. The van der Waals surface area contributed by atoms with Gasteiger partial charge in [-0.15, -0.1) is 0 Å². The Hall–Kier alpha value is -3.30. The molecular weight excluding hydrogens is 536 g/mol. The molecule has 0 aliphatic carbocycles. The molecule has 0 spiro atoms. The van der Waals surface area contributed by atoms with Crippen LogP contribution in [0.3, 0.4) is 0 Å². The first kappa shape index (κ1) is 30.7. The minimum Gasteiger partial charge on any atom is -0.453 e. The summed E-state index contributed by atoms with van der Waals surface area (Å²) in [5.41, 5.74) is -0.178. The highest BCUT2D eigenvalue weighted by molar-refractivity contribution is 6.99. The number of carbonyl (C=O) groups is 2. The maximum absolute atomic E-state index is 12.2. The van der Waals surface area contributed by atoms with Crippen LogP contribution in [0.25, 0.3) is 0 Å². The van der Waals surface area contributed by atoms with Crippen molar-refractivity contribution < 1.29 is 33.0 Å². The Morgan fingerprint density at radius 1 is 0.805 bits per heavy atom. The lowest BCUT2D eigenvalue weighted by molar-refractivity contribution is -0.205. The molecule has 7 nitrogen and oxygen atoms in total. The molecule has 1 saturated heterocycles. The third-order valence-electron chi connectivity index (χ3n) is 7.40. The molecule has 4 unspecified atom stereocenters. The van der Waals surface area contributed by atoms with Crippen molar-refractivity contribution in [2.45, 2.75) is 77.3 Å². The van der Waals surface area contributed by atoms with Crippen molar-refractivity contribution in [3.63, 3.8) is 0 Å². The minimum atomic E-state index is -2.94. The van der Waals surface area contributed by atoms with E-state index in [1.807, 2.05) is 73.7 Å². The van der Waals surface area contributed by atoms with Crippen molar-refractivity contribution in [2.24, 2.45) is 0 Å². The van der Waals surface area contributed by atoms with Gasteiger partial charge in [-0.1, -0.05) is 112 Å². The molecule has 0 N–H and O–H groups in total. The Labute approximate surface area is 243 Å². The van der Waals surface area contributed by atoms with E-state index in [-0.39, 0.29) is 18.3 Å². The average molecular weight is 577 g/mol. The summed E-state index contributed by atoms with van der Waals surface area (Å²) in [6.45, 7) is 11.4. The second-order valence-electron chi connectivity index (χ2n) is 11.7. The van der Waals surface area contributed by atoms with E-state index in [2.05, 4.69) is 45.0 Å². The van der Waals surface area contributed by atoms with Crippen LogP contribution < -0.4 is 10.4 Å². The van der Waals surface area contributed by atoms with E-state index in [1.165, 1.54) is 13.8 Å². The zero-order valence-electron chi connectivity index (χ0n) is 24.7. The van der Waals surface area contributed by atoms with Crippen LogP contribution >= 0.6 is 0 Å². The highest BCUT2D eigenvalue weighted by Crippen LogP contribution is 2.41. The summed E-state index contributed by atoms with van der Waals surface area (Å²) < 4.78 is 31.2. The molecule has 218 valence electrons. The molecule has 1 aliphatic rings. The first-order chi connectivity index (χ1) is 19.5. The molecule has 8 heteroatoms. The molecule has 4 atom stereocenters. The number of hydrogen-bond acceptors (Lipinski definition) is 7. The summed E-state index contributed by atoms with van der Waals surface area (Å²) in [7, 11) is -2.94. The molecular formula is C33H40O7Si. The Morgan fingerprint density at radius 2 is 1.29 bits per heavy atom. The number of esters is 2. The lowest BCUT2D eigenvalue weighted by Crippen LogP contribution is -2.68. The molecule has 0 saturated carbocycles. The average Bonchev–Trinajstić information content (AvgIpc) is 3.17. The van der Waals surface area contributed by atoms with Gasteiger partial charge in [-0.3, -0.25) is 9.59 Å². The van der Waals surface area contributed by atoms with E-state index in [0.717, 1.165) is 15.9 Å². The second kappa shape index (κ2) is 12.7. The van der Waals surface area contributed by atoms with Gasteiger partial charge in [0, 0.05) is 13.8 Å². The van der Waals surface area contributed by atoms with Crippen LogP contribution in [0.2, 0.25) is 5.04 Å². The van der Waals surface area contributed by atoms with Crippen LogP contribution in [-0.4, -0.2) is 51.0 Å². The van der Waals surface area contributed by atoms with E-state index in [9.17, 15) is 9.59 Å². The standard InChI is InChI=1S/C33H40O7Si/c1-24(34)38-29-30(36-22-26-16-10-7-11-17-26)33(6,40-31(29)39-25(2)35)23-37-41(32(3,4)5,27-18-12-8-13-19-27)28-20-14-9-15-21-28/h7-21,29-31H,22-23H2,1-6H3. The maximum atomic E-state index is 12.2. The Morgan fingerprint density at radius 3 is 1.76 bits per heavy atom. The first-order valence-electron chi connectivity index (χ1n) is 13.9. The van der Waals surface area contributed by atoms with Gasteiger partial charge in [-0.25, -0.2) is 0 Å². The van der Waals surface area contributed by atoms with Crippen LogP contribution in [0, 0.1) is 0 Å². The summed E-state index contributed by atoms with van der Waals surface area (Å²) in [5.74, 6) is -1.08. The lowest BCUT2D eigenvalue weighted by Gasteiger charge is -2.45. The van der Waals surface area contributed by atoms with Gasteiger partial charge in [0.05, 0.1) is 13.2 Å². The molecule has 1 aliphatic heterocycles. The molecule has 1 heterocycles. The van der Waals surface area contributed by atoms with Crippen LogP contribution in [0.4, 0.5) is 0 Å². The topological polar surface area (TPSA) is 80.3 Å². The van der Waals surface area contributed by atoms with Crippen LogP contribution in [0.1, 0.15) is 47.1 Å². The summed E-state index contributed by atoms with van der Waals surface area (Å²) in [6, 6.07) is 30.3. The molecule has 0 radical (unpaired) electrons. The fraction of sp³-hybridized carbons (Fsp3) is 0.394. The molecule has 0 amide bonds. The summed E-state index contributed by atoms with van der Waals surface area (Å²) in [6.07, 6.45) is -2.91. The van der Waals surface area contributed by atoms with E-state index < -0.39 is 44.4 Å². The quantitative estimate of drug-likeness (QED) is 0.254. The van der Waals surface area contributed by atoms with Crippen molar-refractivity contribution in [2.75, 3.05) is 6.61 Å². The second-order valence-corrected chi connectivity index (χ2v) is 16.0. The van der Waals surface area contributed by atoms with Crippen LogP contribution in [0.5, 0.6) is 0 Å². The maximum Gasteiger partial charge on any atom is 0.305 e. The summed E-state index contributed by atoms with van der Waals surface area (Å²) >= 11 is 0. The van der Waals surface area contributed by atoms with Crippen molar-refractivity contribution in [3.8, 4) is 0 Å². The Balaban J connectivity index is 1.76. The molecule has 41 heavy (non-hydrogen) atoms. The molecule has 0 bridgehead atoms. The first-order valence-corrected chi connectivity index (χ1v) is 15.8. The van der Waals surface area contributed by atoms with Gasteiger partial charge in [0.25, 0.3) is 8.32 Å². The third-order valence-corrected chi connectivity index (χ3v) is 12.4. The van der Waals surface area contributed by atoms with E-state index in [0.29, 0.717) is 0 Å². The van der Waals surface area contributed by atoms with E-state index in [4.69, 9.17) is 23.4 Å².